The molecule has 0 bridgehead atoms. The van der Waals surface area contributed by atoms with Gasteiger partial charge in [0, 0.05) is 32.2 Å². The Labute approximate surface area is 176 Å². The minimum absolute atomic E-state index is 0.0325. The molecular formula is C21H24N4O4S. The van der Waals surface area contributed by atoms with E-state index in [1.54, 1.807) is 37.4 Å². The molecule has 0 amide bonds. The van der Waals surface area contributed by atoms with Gasteiger partial charge < -0.3 is 19.3 Å². The molecule has 0 unspecified atom stereocenters. The smallest absolute Gasteiger partial charge is 0.227 e. The Morgan fingerprint density at radius 3 is 2.10 bits per heavy atom. The van der Waals surface area contributed by atoms with Gasteiger partial charge in [-0.3, -0.25) is 0 Å². The third kappa shape index (κ3) is 3.78. The van der Waals surface area contributed by atoms with Gasteiger partial charge in [0.25, 0.3) is 0 Å². The standard InChI is InChI=1S/C21H24N4O4S/c1-24-10-12-25(13-11-24)20-21(23-18-9-6-16(29-3)14-19(18)22-20)30(26,27)17-7-4-15(28-2)5-8-17/h4-9,14H,10-13H2,1-3H3. The minimum atomic E-state index is -3.88. The fraction of sp³-hybridized carbons (Fsp3) is 0.333. The fourth-order valence-corrected chi connectivity index (χ4v) is 4.76. The number of rotatable bonds is 5. The highest BCUT2D eigenvalue weighted by molar-refractivity contribution is 7.91. The minimum Gasteiger partial charge on any atom is -0.497 e. The second-order valence-electron chi connectivity index (χ2n) is 7.18. The largest absolute Gasteiger partial charge is 0.497 e. The SMILES string of the molecule is COc1ccc(S(=O)(=O)c2nc3ccc(OC)cc3nc2N2CCN(C)CC2)cc1. The van der Waals surface area contributed by atoms with Crippen LogP contribution in [0.3, 0.4) is 0 Å². The van der Waals surface area contributed by atoms with Crippen LogP contribution in [0.4, 0.5) is 5.82 Å². The van der Waals surface area contributed by atoms with E-state index in [0.717, 1.165) is 13.1 Å². The molecule has 0 atom stereocenters. The maximum atomic E-state index is 13.5. The second kappa shape index (κ2) is 8.08. The molecule has 1 aromatic heterocycles. The average molecular weight is 429 g/mol. The molecule has 2 heterocycles. The lowest BCUT2D eigenvalue weighted by molar-refractivity contribution is 0.311. The van der Waals surface area contributed by atoms with Crippen LogP contribution in [-0.2, 0) is 9.84 Å². The number of benzene rings is 2. The number of aromatic nitrogens is 2. The van der Waals surface area contributed by atoms with Crippen LogP contribution in [0.5, 0.6) is 11.5 Å². The summed E-state index contributed by atoms with van der Waals surface area (Å²) in [5, 5.41) is -0.0325. The zero-order chi connectivity index (χ0) is 21.3. The molecule has 9 heteroatoms. The molecule has 1 fully saturated rings. The summed E-state index contributed by atoms with van der Waals surface area (Å²) in [6.45, 7) is 2.98. The van der Waals surface area contributed by atoms with Crippen molar-refractivity contribution >= 4 is 26.7 Å². The number of nitrogens with zero attached hydrogens (tertiary/aromatic N) is 4. The maximum absolute atomic E-state index is 13.5. The van der Waals surface area contributed by atoms with E-state index in [1.807, 2.05) is 11.9 Å². The van der Waals surface area contributed by atoms with Gasteiger partial charge in [-0.1, -0.05) is 0 Å². The number of piperazine rings is 1. The van der Waals surface area contributed by atoms with Gasteiger partial charge in [0.1, 0.15) is 11.5 Å². The molecule has 4 rings (SSSR count). The van der Waals surface area contributed by atoms with Crippen molar-refractivity contribution < 1.29 is 17.9 Å². The molecular weight excluding hydrogens is 404 g/mol. The quantitative estimate of drug-likeness (QED) is 0.612. The molecule has 158 valence electrons. The normalized spacial score (nSPS) is 15.4. The predicted molar refractivity (Wildman–Crippen MR) is 114 cm³/mol. The van der Waals surface area contributed by atoms with Crippen LogP contribution in [0, 0.1) is 0 Å². The van der Waals surface area contributed by atoms with E-state index >= 15 is 0 Å². The Balaban J connectivity index is 1.88. The molecule has 0 saturated carbocycles. The van der Waals surface area contributed by atoms with Gasteiger partial charge in [-0.15, -0.1) is 0 Å². The molecule has 1 aliphatic rings. The Bertz CT molecular complexity index is 1160. The average Bonchev–Trinajstić information content (AvgIpc) is 2.78. The number of methoxy groups -OCH3 is 2. The molecule has 0 aliphatic carbocycles. The number of sulfone groups is 1. The number of likely N-dealkylation sites (N-methyl/N-ethyl adjacent to an activating group) is 1. The van der Waals surface area contributed by atoms with E-state index in [-0.39, 0.29) is 9.92 Å². The van der Waals surface area contributed by atoms with Crippen LogP contribution in [0.25, 0.3) is 11.0 Å². The van der Waals surface area contributed by atoms with Crippen LogP contribution in [0.2, 0.25) is 0 Å². The summed E-state index contributed by atoms with van der Waals surface area (Å²) in [5.41, 5.74) is 1.10. The first-order valence-electron chi connectivity index (χ1n) is 9.61. The molecule has 8 nitrogen and oxygen atoms in total. The van der Waals surface area contributed by atoms with Crippen molar-refractivity contribution in [1.82, 2.24) is 14.9 Å². The lowest BCUT2D eigenvalue weighted by Gasteiger charge is -2.33. The Hall–Kier alpha value is -2.91. The number of anilines is 1. The van der Waals surface area contributed by atoms with Crippen LogP contribution in [-0.4, -0.2) is 70.7 Å². The molecule has 1 saturated heterocycles. The number of fused-ring (bicyclic) bond motifs is 1. The summed E-state index contributed by atoms with van der Waals surface area (Å²) in [5.74, 6) is 1.61. The molecule has 2 aromatic carbocycles. The first-order valence-corrected chi connectivity index (χ1v) is 11.1. The van der Waals surface area contributed by atoms with Crippen molar-refractivity contribution in [1.29, 1.82) is 0 Å². The Kier molecular flexibility index (Phi) is 5.48. The lowest BCUT2D eigenvalue weighted by Crippen LogP contribution is -2.45. The van der Waals surface area contributed by atoms with Crippen molar-refractivity contribution in [2.75, 3.05) is 52.3 Å². The van der Waals surface area contributed by atoms with E-state index in [4.69, 9.17) is 14.5 Å². The second-order valence-corrected chi connectivity index (χ2v) is 9.04. The van der Waals surface area contributed by atoms with Crippen LogP contribution < -0.4 is 14.4 Å². The number of hydrogen-bond donors (Lipinski definition) is 0. The number of hydrogen-bond acceptors (Lipinski definition) is 8. The van der Waals surface area contributed by atoms with E-state index in [0.29, 0.717) is 41.4 Å². The summed E-state index contributed by atoms with van der Waals surface area (Å²) in [6, 6.07) is 11.6. The van der Waals surface area contributed by atoms with Crippen molar-refractivity contribution in [2.24, 2.45) is 0 Å². The van der Waals surface area contributed by atoms with Gasteiger partial charge in [-0.2, -0.15) is 0 Å². The fourth-order valence-electron chi connectivity index (χ4n) is 3.41. The topological polar surface area (TPSA) is 84.9 Å². The summed E-state index contributed by atoms with van der Waals surface area (Å²) in [7, 11) is 1.29. The van der Waals surface area contributed by atoms with Crippen LogP contribution >= 0.6 is 0 Å². The third-order valence-electron chi connectivity index (χ3n) is 5.25. The van der Waals surface area contributed by atoms with E-state index in [2.05, 4.69) is 9.88 Å². The van der Waals surface area contributed by atoms with E-state index in [1.165, 1.54) is 19.2 Å². The summed E-state index contributed by atoms with van der Waals surface area (Å²) < 4.78 is 37.5. The van der Waals surface area contributed by atoms with Crippen molar-refractivity contribution in [3.63, 3.8) is 0 Å². The monoisotopic (exact) mass is 428 g/mol. The van der Waals surface area contributed by atoms with Gasteiger partial charge in [0.2, 0.25) is 14.9 Å². The highest BCUT2D eigenvalue weighted by atomic mass is 32.2. The highest BCUT2D eigenvalue weighted by Crippen LogP contribution is 2.31. The van der Waals surface area contributed by atoms with Gasteiger partial charge in [0.05, 0.1) is 30.1 Å². The Morgan fingerprint density at radius 1 is 0.833 bits per heavy atom. The zero-order valence-electron chi connectivity index (χ0n) is 17.2. The molecule has 30 heavy (non-hydrogen) atoms. The molecule has 0 spiro atoms. The summed E-state index contributed by atoms with van der Waals surface area (Å²) in [6.07, 6.45) is 0. The van der Waals surface area contributed by atoms with E-state index in [9.17, 15) is 8.42 Å². The Morgan fingerprint density at radius 2 is 1.47 bits per heavy atom. The third-order valence-corrected chi connectivity index (χ3v) is 6.93. The van der Waals surface area contributed by atoms with Gasteiger partial charge in [-0.05, 0) is 43.4 Å². The molecule has 0 N–H and O–H groups in total. The number of ether oxygens (including phenoxy) is 2. The molecule has 1 aliphatic heterocycles. The van der Waals surface area contributed by atoms with Crippen molar-refractivity contribution in [3.05, 3.63) is 42.5 Å². The highest BCUT2D eigenvalue weighted by Gasteiger charge is 2.29. The van der Waals surface area contributed by atoms with Gasteiger partial charge >= 0.3 is 0 Å². The zero-order valence-corrected chi connectivity index (χ0v) is 18.0. The first kappa shape index (κ1) is 20.4. The van der Waals surface area contributed by atoms with Gasteiger partial charge in [0.15, 0.2) is 5.82 Å². The first-order chi connectivity index (χ1) is 14.4. The maximum Gasteiger partial charge on any atom is 0.227 e. The van der Waals surface area contributed by atoms with Gasteiger partial charge in [-0.25, -0.2) is 18.4 Å². The lowest BCUT2D eigenvalue weighted by atomic mass is 10.2. The predicted octanol–water partition coefficient (Wildman–Crippen LogP) is 2.23. The van der Waals surface area contributed by atoms with E-state index < -0.39 is 9.84 Å². The van der Waals surface area contributed by atoms with Crippen molar-refractivity contribution in [3.8, 4) is 11.5 Å². The summed E-state index contributed by atoms with van der Waals surface area (Å²) >= 11 is 0. The van der Waals surface area contributed by atoms with Crippen LogP contribution in [0.1, 0.15) is 0 Å². The molecule has 0 radical (unpaired) electrons. The van der Waals surface area contributed by atoms with Crippen molar-refractivity contribution in [2.45, 2.75) is 9.92 Å². The summed E-state index contributed by atoms with van der Waals surface area (Å²) in [4.78, 5) is 13.6. The van der Waals surface area contributed by atoms with Crippen LogP contribution in [0.15, 0.2) is 52.4 Å². The molecule has 3 aromatic rings.